The number of nitrogens with one attached hydrogen (secondary N) is 1. The number of fused-ring (bicyclic) bond motifs is 1. The Morgan fingerprint density at radius 1 is 1.00 bits per heavy atom. The van der Waals surface area contributed by atoms with Crippen LogP contribution in [0.1, 0.15) is 12.0 Å². The van der Waals surface area contributed by atoms with Gasteiger partial charge in [0, 0.05) is 18.3 Å². The van der Waals surface area contributed by atoms with Gasteiger partial charge in [-0.25, -0.2) is 0 Å². The quantitative estimate of drug-likeness (QED) is 0.441. The van der Waals surface area contributed by atoms with Crippen molar-refractivity contribution in [3.63, 3.8) is 0 Å². The smallest absolute Gasteiger partial charge is 0.265 e. The topological polar surface area (TPSA) is 86.3 Å². The fourth-order valence-electron chi connectivity index (χ4n) is 3.61. The molecule has 0 unspecified atom stereocenters. The van der Waals surface area contributed by atoms with Crippen LogP contribution in [0.4, 0.5) is 11.4 Å². The van der Waals surface area contributed by atoms with Gasteiger partial charge in [-0.15, -0.1) is 0 Å². The number of carbonyl (C=O) groups is 2. The second-order valence-electron chi connectivity index (χ2n) is 8.05. The summed E-state index contributed by atoms with van der Waals surface area (Å²) in [4.78, 5) is 26.6. The molecule has 1 aliphatic rings. The highest BCUT2D eigenvalue weighted by Crippen LogP contribution is 2.34. The molecule has 3 aromatic carbocycles. The maximum absolute atomic E-state index is 12.5. The number of hydrogen-bond donors (Lipinski definition) is 1. The molecule has 0 fully saturated rings. The number of anilines is 2. The lowest BCUT2D eigenvalue weighted by atomic mass is 10.2. The zero-order valence-corrected chi connectivity index (χ0v) is 19.8. The average molecular weight is 477 g/mol. The van der Waals surface area contributed by atoms with Crippen molar-refractivity contribution in [3.8, 4) is 23.0 Å². The second kappa shape index (κ2) is 11.3. The fourth-order valence-corrected chi connectivity index (χ4v) is 3.61. The third kappa shape index (κ3) is 6.44. The maximum atomic E-state index is 12.5. The van der Waals surface area contributed by atoms with E-state index in [4.69, 9.17) is 18.9 Å². The van der Waals surface area contributed by atoms with Crippen molar-refractivity contribution in [1.82, 2.24) is 0 Å². The molecular weight excluding hydrogens is 448 g/mol. The molecule has 0 spiro atoms. The molecule has 8 nitrogen and oxygen atoms in total. The monoisotopic (exact) mass is 476 g/mol. The van der Waals surface area contributed by atoms with Crippen molar-refractivity contribution in [2.24, 2.45) is 0 Å². The van der Waals surface area contributed by atoms with E-state index in [1.165, 1.54) is 5.56 Å². The Hall–Kier alpha value is -4.20. The van der Waals surface area contributed by atoms with Crippen LogP contribution in [0.25, 0.3) is 0 Å². The van der Waals surface area contributed by atoms with Crippen molar-refractivity contribution in [2.75, 3.05) is 43.7 Å². The Bertz CT molecular complexity index is 1180. The third-order valence-corrected chi connectivity index (χ3v) is 5.41. The number of nitrogens with zero attached hydrogens (tertiary/aromatic N) is 1. The van der Waals surface area contributed by atoms with Crippen LogP contribution in [0.2, 0.25) is 0 Å². The van der Waals surface area contributed by atoms with E-state index in [1.54, 1.807) is 54.5 Å². The number of aryl methyl sites for hydroxylation is 1. The number of benzene rings is 3. The summed E-state index contributed by atoms with van der Waals surface area (Å²) in [7, 11) is 1.57. The molecular formula is C27H28N2O6. The molecule has 0 bridgehead atoms. The zero-order chi connectivity index (χ0) is 24.6. The molecule has 1 heterocycles. The summed E-state index contributed by atoms with van der Waals surface area (Å²) in [5.74, 6) is 2.10. The van der Waals surface area contributed by atoms with Gasteiger partial charge < -0.3 is 29.2 Å². The van der Waals surface area contributed by atoms with Gasteiger partial charge in [0.15, 0.2) is 13.2 Å². The number of ether oxygens (including phenoxy) is 4. The third-order valence-electron chi connectivity index (χ3n) is 5.41. The molecule has 0 saturated carbocycles. The van der Waals surface area contributed by atoms with Gasteiger partial charge >= 0.3 is 0 Å². The Morgan fingerprint density at radius 2 is 1.80 bits per heavy atom. The highest BCUT2D eigenvalue weighted by molar-refractivity contribution is 5.99. The summed E-state index contributed by atoms with van der Waals surface area (Å²) < 4.78 is 22.1. The first kappa shape index (κ1) is 23.9. The van der Waals surface area contributed by atoms with Gasteiger partial charge in [0.25, 0.3) is 11.8 Å². The van der Waals surface area contributed by atoms with Crippen molar-refractivity contribution in [1.29, 1.82) is 0 Å². The Kier molecular flexibility index (Phi) is 7.72. The standard InChI is InChI=1S/C27H28N2O6/c1-19-7-10-21(11-8-19)33-14-4-13-29-24-15-20(9-12-25(24)35-18-27(29)31)28-26(30)17-34-23-6-3-5-22(16-23)32-2/h3,5-12,15-16H,4,13-14,17-18H2,1-2H3,(H,28,30). The minimum absolute atomic E-state index is 0.0219. The summed E-state index contributed by atoms with van der Waals surface area (Å²) in [5.41, 5.74) is 2.33. The van der Waals surface area contributed by atoms with Gasteiger partial charge in [-0.05, 0) is 55.8 Å². The predicted molar refractivity (Wildman–Crippen MR) is 133 cm³/mol. The van der Waals surface area contributed by atoms with Crippen molar-refractivity contribution in [2.45, 2.75) is 13.3 Å². The Labute approximate surface area is 204 Å². The maximum Gasteiger partial charge on any atom is 0.265 e. The summed E-state index contributed by atoms with van der Waals surface area (Å²) >= 11 is 0. The van der Waals surface area contributed by atoms with E-state index in [0.29, 0.717) is 48.2 Å². The van der Waals surface area contributed by atoms with Gasteiger partial charge in [0.05, 0.1) is 19.4 Å². The lowest BCUT2D eigenvalue weighted by molar-refractivity contribution is -0.121. The summed E-state index contributed by atoms with van der Waals surface area (Å²) in [6.07, 6.45) is 0.643. The first-order chi connectivity index (χ1) is 17.0. The van der Waals surface area contributed by atoms with Crippen molar-refractivity contribution < 1.29 is 28.5 Å². The SMILES string of the molecule is COc1cccc(OCC(=O)Nc2ccc3c(c2)N(CCCOc2ccc(C)cc2)C(=O)CO3)c1. The second-order valence-corrected chi connectivity index (χ2v) is 8.05. The number of amides is 2. The minimum Gasteiger partial charge on any atom is -0.497 e. The van der Waals surface area contributed by atoms with Crippen LogP contribution in [0.15, 0.2) is 66.7 Å². The molecule has 35 heavy (non-hydrogen) atoms. The highest BCUT2D eigenvalue weighted by atomic mass is 16.5. The van der Waals surface area contributed by atoms with Crippen molar-refractivity contribution >= 4 is 23.2 Å². The van der Waals surface area contributed by atoms with Gasteiger partial charge in [-0.2, -0.15) is 0 Å². The summed E-state index contributed by atoms with van der Waals surface area (Å²) in [6, 6.07) is 20.1. The Balaban J connectivity index is 1.34. The summed E-state index contributed by atoms with van der Waals surface area (Å²) in [5, 5.41) is 2.81. The van der Waals surface area contributed by atoms with E-state index < -0.39 is 0 Å². The van der Waals surface area contributed by atoms with E-state index >= 15 is 0 Å². The normalized spacial score (nSPS) is 12.4. The van der Waals surface area contributed by atoms with Crippen LogP contribution >= 0.6 is 0 Å². The van der Waals surface area contributed by atoms with Gasteiger partial charge in [-0.1, -0.05) is 23.8 Å². The minimum atomic E-state index is -0.325. The van der Waals surface area contributed by atoms with E-state index in [1.807, 2.05) is 31.2 Å². The molecule has 182 valence electrons. The molecule has 0 aliphatic carbocycles. The van der Waals surface area contributed by atoms with Crippen LogP contribution in [0.3, 0.4) is 0 Å². The first-order valence-electron chi connectivity index (χ1n) is 11.4. The lowest BCUT2D eigenvalue weighted by Gasteiger charge is -2.30. The van der Waals surface area contributed by atoms with Gasteiger partial charge in [0.1, 0.15) is 23.0 Å². The van der Waals surface area contributed by atoms with E-state index in [0.717, 1.165) is 5.75 Å². The summed E-state index contributed by atoms with van der Waals surface area (Å²) in [6.45, 7) is 2.78. The van der Waals surface area contributed by atoms with Crippen molar-refractivity contribution in [3.05, 3.63) is 72.3 Å². The molecule has 1 aliphatic heterocycles. The molecule has 3 aromatic rings. The number of carbonyl (C=O) groups excluding carboxylic acids is 2. The number of hydrogen-bond acceptors (Lipinski definition) is 6. The van der Waals surface area contributed by atoms with Crippen LogP contribution in [0, 0.1) is 6.92 Å². The number of methoxy groups -OCH3 is 1. The molecule has 0 radical (unpaired) electrons. The zero-order valence-electron chi connectivity index (χ0n) is 19.8. The largest absolute Gasteiger partial charge is 0.497 e. The number of rotatable bonds is 10. The van der Waals surface area contributed by atoms with E-state index in [9.17, 15) is 9.59 Å². The van der Waals surface area contributed by atoms with Crippen LogP contribution < -0.4 is 29.2 Å². The fraction of sp³-hybridized carbons (Fsp3) is 0.259. The van der Waals surface area contributed by atoms with Gasteiger partial charge in [-0.3, -0.25) is 9.59 Å². The first-order valence-corrected chi connectivity index (χ1v) is 11.4. The Morgan fingerprint density at radius 3 is 2.60 bits per heavy atom. The molecule has 0 aromatic heterocycles. The predicted octanol–water partition coefficient (Wildman–Crippen LogP) is 4.22. The molecule has 0 atom stereocenters. The van der Waals surface area contributed by atoms with Crippen LogP contribution in [-0.2, 0) is 9.59 Å². The van der Waals surface area contributed by atoms with Crippen LogP contribution in [-0.4, -0.2) is 45.3 Å². The highest BCUT2D eigenvalue weighted by Gasteiger charge is 2.25. The molecule has 8 heteroatoms. The van der Waals surface area contributed by atoms with Gasteiger partial charge in [0.2, 0.25) is 0 Å². The van der Waals surface area contributed by atoms with Crippen LogP contribution in [0.5, 0.6) is 23.0 Å². The molecule has 0 saturated heterocycles. The van der Waals surface area contributed by atoms with E-state index in [-0.39, 0.29) is 25.0 Å². The molecule has 2 amide bonds. The average Bonchev–Trinajstić information content (AvgIpc) is 2.87. The van der Waals surface area contributed by atoms with E-state index in [2.05, 4.69) is 5.32 Å². The lowest BCUT2D eigenvalue weighted by Crippen LogP contribution is -2.39. The molecule has 1 N–H and O–H groups in total. The molecule has 4 rings (SSSR count).